The Kier molecular flexibility index (Phi) is 5.61. The molecule has 7 nitrogen and oxygen atoms in total. The van der Waals surface area contributed by atoms with Gasteiger partial charge in [-0.15, -0.1) is 0 Å². The molecule has 1 saturated carbocycles. The SMILES string of the molecule is CC(=O)Nc1ccc(S(=O)(=O)N(C)CC(=O)NC(C)C2CC2)cc1. The summed E-state index contributed by atoms with van der Waals surface area (Å²) in [5.41, 5.74) is 0.514. The van der Waals surface area contributed by atoms with Gasteiger partial charge >= 0.3 is 0 Å². The first-order valence-electron chi connectivity index (χ1n) is 7.83. The molecule has 1 atom stereocenters. The van der Waals surface area contributed by atoms with Crippen molar-refractivity contribution in [2.75, 3.05) is 18.9 Å². The van der Waals surface area contributed by atoms with Gasteiger partial charge in [0.15, 0.2) is 0 Å². The Morgan fingerprint density at radius 1 is 1.25 bits per heavy atom. The van der Waals surface area contributed by atoms with Gasteiger partial charge in [0, 0.05) is 25.7 Å². The summed E-state index contributed by atoms with van der Waals surface area (Å²) in [7, 11) is -2.39. The van der Waals surface area contributed by atoms with E-state index in [1.165, 1.54) is 38.2 Å². The fraction of sp³-hybridized carbons (Fsp3) is 0.500. The molecular weight excluding hydrogens is 330 g/mol. The Hall–Kier alpha value is -1.93. The summed E-state index contributed by atoms with van der Waals surface area (Å²) in [5.74, 6) is -0.0308. The highest BCUT2D eigenvalue weighted by molar-refractivity contribution is 7.89. The van der Waals surface area contributed by atoms with Crippen LogP contribution < -0.4 is 10.6 Å². The minimum absolute atomic E-state index is 0.0714. The smallest absolute Gasteiger partial charge is 0.243 e. The number of carbonyl (C=O) groups is 2. The maximum absolute atomic E-state index is 12.5. The van der Waals surface area contributed by atoms with Crippen molar-refractivity contribution in [2.24, 2.45) is 5.92 Å². The molecule has 0 bridgehead atoms. The fourth-order valence-electron chi connectivity index (χ4n) is 2.39. The van der Waals surface area contributed by atoms with E-state index in [1.807, 2.05) is 6.92 Å². The molecule has 0 spiro atoms. The Balaban J connectivity index is 1.99. The molecule has 0 aliphatic heterocycles. The Morgan fingerprint density at radius 2 is 1.83 bits per heavy atom. The van der Waals surface area contributed by atoms with Crippen molar-refractivity contribution in [1.29, 1.82) is 0 Å². The molecule has 1 aromatic carbocycles. The van der Waals surface area contributed by atoms with Crippen LogP contribution in [0.25, 0.3) is 0 Å². The van der Waals surface area contributed by atoms with Gasteiger partial charge in [-0.05, 0) is 49.9 Å². The third kappa shape index (κ3) is 4.78. The summed E-state index contributed by atoms with van der Waals surface area (Å²) in [6.07, 6.45) is 2.21. The second-order valence-corrected chi connectivity index (χ2v) is 8.21. The summed E-state index contributed by atoms with van der Waals surface area (Å²) in [6, 6.07) is 5.91. The van der Waals surface area contributed by atoms with Gasteiger partial charge in [0.05, 0.1) is 11.4 Å². The molecule has 2 rings (SSSR count). The van der Waals surface area contributed by atoms with Crippen molar-refractivity contribution in [3.63, 3.8) is 0 Å². The zero-order valence-electron chi connectivity index (χ0n) is 14.1. The van der Waals surface area contributed by atoms with E-state index < -0.39 is 10.0 Å². The van der Waals surface area contributed by atoms with Crippen molar-refractivity contribution in [3.05, 3.63) is 24.3 Å². The Labute approximate surface area is 142 Å². The second kappa shape index (κ2) is 7.31. The summed E-state index contributed by atoms with van der Waals surface area (Å²) < 4.78 is 26.0. The quantitative estimate of drug-likeness (QED) is 0.769. The number of nitrogens with one attached hydrogen (secondary N) is 2. The molecule has 8 heteroatoms. The third-order valence-corrected chi connectivity index (χ3v) is 5.78. The molecule has 1 aliphatic rings. The highest BCUT2D eigenvalue weighted by Gasteiger charge is 2.30. The number of benzene rings is 1. The summed E-state index contributed by atoms with van der Waals surface area (Å²) >= 11 is 0. The van der Waals surface area contributed by atoms with Crippen molar-refractivity contribution >= 4 is 27.5 Å². The fourth-order valence-corrected chi connectivity index (χ4v) is 3.52. The van der Waals surface area contributed by atoms with E-state index >= 15 is 0 Å². The lowest BCUT2D eigenvalue weighted by Gasteiger charge is -2.19. The first kappa shape index (κ1) is 18.4. The van der Waals surface area contributed by atoms with E-state index in [9.17, 15) is 18.0 Å². The molecule has 0 saturated heterocycles. The summed E-state index contributed by atoms with van der Waals surface area (Å²) in [5, 5.41) is 5.41. The van der Waals surface area contributed by atoms with Gasteiger partial charge in [-0.25, -0.2) is 8.42 Å². The number of hydrogen-bond donors (Lipinski definition) is 2. The first-order valence-corrected chi connectivity index (χ1v) is 9.27. The third-order valence-electron chi connectivity index (χ3n) is 3.97. The van der Waals surface area contributed by atoms with Gasteiger partial charge in [-0.1, -0.05) is 0 Å². The maximum Gasteiger partial charge on any atom is 0.243 e. The summed E-state index contributed by atoms with van der Waals surface area (Å²) in [4.78, 5) is 23.0. The Morgan fingerprint density at radius 3 is 2.33 bits per heavy atom. The van der Waals surface area contributed by atoms with Crippen LogP contribution in [0.5, 0.6) is 0 Å². The van der Waals surface area contributed by atoms with Crippen molar-refractivity contribution in [1.82, 2.24) is 9.62 Å². The van der Waals surface area contributed by atoms with Crippen LogP contribution in [-0.4, -0.2) is 44.2 Å². The normalized spacial score (nSPS) is 15.8. The second-order valence-electron chi connectivity index (χ2n) is 6.16. The largest absolute Gasteiger partial charge is 0.352 e. The van der Waals surface area contributed by atoms with Gasteiger partial charge in [0.2, 0.25) is 21.8 Å². The number of likely N-dealkylation sites (N-methyl/N-ethyl adjacent to an activating group) is 1. The Bertz CT molecular complexity index is 711. The highest BCUT2D eigenvalue weighted by Crippen LogP contribution is 2.32. The molecule has 0 radical (unpaired) electrons. The van der Waals surface area contributed by atoms with E-state index in [4.69, 9.17) is 0 Å². The number of sulfonamides is 1. The number of amides is 2. The van der Waals surface area contributed by atoms with Crippen LogP contribution in [0.2, 0.25) is 0 Å². The zero-order chi connectivity index (χ0) is 17.9. The van der Waals surface area contributed by atoms with E-state index in [1.54, 1.807) is 0 Å². The number of rotatable bonds is 7. The number of nitrogens with zero attached hydrogens (tertiary/aromatic N) is 1. The lowest BCUT2D eigenvalue weighted by Crippen LogP contribution is -2.42. The molecule has 1 unspecified atom stereocenters. The minimum Gasteiger partial charge on any atom is -0.352 e. The standard InChI is InChI=1S/C16H23N3O4S/c1-11(13-4-5-13)17-16(21)10-19(3)24(22,23)15-8-6-14(7-9-15)18-12(2)20/h6-9,11,13H,4-5,10H2,1-3H3,(H,17,21)(H,18,20). The monoisotopic (exact) mass is 353 g/mol. The maximum atomic E-state index is 12.5. The number of hydrogen-bond acceptors (Lipinski definition) is 4. The predicted molar refractivity (Wildman–Crippen MR) is 90.9 cm³/mol. The molecule has 2 N–H and O–H groups in total. The van der Waals surface area contributed by atoms with E-state index in [-0.39, 0.29) is 29.3 Å². The van der Waals surface area contributed by atoms with Crippen molar-refractivity contribution < 1.29 is 18.0 Å². The molecule has 132 valence electrons. The molecule has 2 amide bonds. The average molecular weight is 353 g/mol. The van der Waals surface area contributed by atoms with E-state index in [0.29, 0.717) is 11.6 Å². The van der Waals surface area contributed by atoms with Crippen LogP contribution in [0.3, 0.4) is 0 Å². The minimum atomic E-state index is -3.76. The van der Waals surface area contributed by atoms with Crippen LogP contribution in [0.15, 0.2) is 29.2 Å². The van der Waals surface area contributed by atoms with Crippen LogP contribution in [0.4, 0.5) is 5.69 Å². The number of carbonyl (C=O) groups excluding carboxylic acids is 2. The molecule has 24 heavy (non-hydrogen) atoms. The van der Waals surface area contributed by atoms with Crippen LogP contribution in [-0.2, 0) is 19.6 Å². The zero-order valence-corrected chi connectivity index (χ0v) is 14.9. The van der Waals surface area contributed by atoms with Crippen LogP contribution in [0.1, 0.15) is 26.7 Å². The average Bonchev–Trinajstić information content (AvgIpc) is 3.31. The topological polar surface area (TPSA) is 95.6 Å². The number of anilines is 1. The summed E-state index contributed by atoms with van der Waals surface area (Å²) in [6.45, 7) is 3.08. The van der Waals surface area contributed by atoms with Crippen LogP contribution >= 0.6 is 0 Å². The van der Waals surface area contributed by atoms with Gasteiger partial charge in [-0.2, -0.15) is 4.31 Å². The highest BCUT2D eigenvalue weighted by atomic mass is 32.2. The van der Waals surface area contributed by atoms with Gasteiger partial charge in [-0.3, -0.25) is 9.59 Å². The van der Waals surface area contributed by atoms with Gasteiger partial charge in [0.1, 0.15) is 0 Å². The molecular formula is C16H23N3O4S. The lowest BCUT2D eigenvalue weighted by molar-refractivity contribution is -0.121. The van der Waals surface area contributed by atoms with E-state index in [2.05, 4.69) is 10.6 Å². The van der Waals surface area contributed by atoms with Crippen molar-refractivity contribution in [3.8, 4) is 0 Å². The van der Waals surface area contributed by atoms with Crippen LogP contribution in [0, 0.1) is 5.92 Å². The predicted octanol–water partition coefficient (Wildman–Crippen LogP) is 1.18. The molecule has 1 aliphatic carbocycles. The van der Waals surface area contributed by atoms with E-state index in [0.717, 1.165) is 17.1 Å². The van der Waals surface area contributed by atoms with Gasteiger partial charge < -0.3 is 10.6 Å². The molecule has 1 fully saturated rings. The molecule has 1 aromatic rings. The first-order chi connectivity index (χ1) is 11.2. The van der Waals surface area contributed by atoms with Gasteiger partial charge in [0.25, 0.3) is 0 Å². The lowest BCUT2D eigenvalue weighted by atomic mass is 10.2. The molecule has 0 heterocycles. The molecule has 0 aromatic heterocycles. The van der Waals surface area contributed by atoms with Crippen molar-refractivity contribution in [2.45, 2.75) is 37.6 Å².